The molecule has 0 radical (unpaired) electrons. The van der Waals surface area contributed by atoms with E-state index in [1.165, 1.54) is 13.0 Å². The van der Waals surface area contributed by atoms with E-state index in [4.69, 9.17) is 33.2 Å². The van der Waals surface area contributed by atoms with Crippen molar-refractivity contribution in [3.05, 3.63) is 12.2 Å². The van der Waals surface area contributed by atoms with Crippen molar-refractivity contribution in [1.82, 2.24) is 0 Å². The molecule has 0 aliphatic carbocycles. The molecule has 0 aromatic carbocycles. The first kappa shape index (κ1) is 53.3. The predicted octanol–water partition coefficient (Wildman–Crippen LogP) is 2.29. The number of ether oxygens (including phenoxy) is 8. The van der Waals surface area contributed by atoms with Gasteiger partial charge in [-0.05, 0) is 62.3 Å². The zero-order valence-electron chi connectivity index (χ0n) is 30.9. The standard InChI is InChI=1S/C11H22O6.C11H20O4.C10H20O5.C2H2/c1-4-15-9(16-5-2)7-8(12)10(13)11(14)17-6-3;1-4-13-10(12)8-7-9-11(14-5-2)15-6-3;1-4-14-9(15-5-2)6-8(12)10(13)7(3)11;1-2/h8-10,12-13H,4-7H2,1-3H3;7-8,11H,4-6,9H2,1-3H3;8-10,12-13H,4-6H2,1-3H3;1-2H/b;8-7-;;/t8-,10-;;8-,10+;/m1.1./s1. The van der Waals surface area contributed by atoms with Crippen LogP contribution in [0.15, 0.2) is 12.2 Å². The number of hydrogen-bond acceptors (Lipinski definition) is 15. The molecule has 0 spiro atoms. The van der Waals surface area contributed by atoms with Crippen molar-refractivity contribution in [2.24, 2.45) is 0 Å². The van der Waals surface area contributed by atoms with Gasteiger partial charge < -0.3 is 58.3 Å². The number of aliphatic hydroxyl groups is 4. The SMILES string of the molecule is C#C.CCOC(=O)/C=C\CC(OCC)OCC.CCOC(=O)[C@H](O)[C@H](O)CC(OCC)OCC.CCOC(C[C@@H](O)[C@@H](O)C(C)=O)OCC. The first-order valence-corrected chi connectivity index (χ1v) is 16.6. The maximum atomic E-state index is 11.2. The number of carbonyl (C=O) groups excluding carboxylic acids is 3. The van der Waals surface area contributed by atoms with Crippen molar-refractivity contribution in [2.75, 3.05) is 52.9 Å². The van der Waals surface area contributed by atoms with Crippen LogP contribution in [-0.2, 0) is 52.3 Å². The molecule has 0 aliphatic heterocycles. The van der Waals surface area contributed by atoms with Gasteiger partial charge in [-0.1, -0.05) is 6.08 Å². The molecule has 15 nitrogen and oxygen atoms in total. The lowest BCUT2D eigenvalue weighted by atomic mass is 10.1. The number of rotatable bonds is 25. The van der Waals surface area contributed by atoms with Gasteiger partial charge in [-0.15, -0.1) is 12.8 Å². The van der Waals surface area contributed by atoms with Crippen LogP contribution in [0.2, 0.25) is 0 Å². The Bertz CT molecular complexity index is 803. The molecule has 4 N–H and O–H groups in total. The summed E-state index contributed by atoms with van der Waals surface area (Å²) in [6, 6.07) is 0. The second-order valence-electron chi connectivity index (χ2n) is 9.27. The van der Waals surface area contributed by atoms with E-state index in [1.54, 1.807) is 47.6 Å². The molecule has 0 saturated heterocycles. The van der Waals surface area contributed by atoms with Gasteiger partial charge in [0.15, 0.2) is 30.8 Å². The van der Waals surface area contributed by atoms with E-state index in [2.05, 4.69) is 17.6 Å². The fourth-order valence-electron chi connectivity index (χ4n) is 3.44. The summed E-state index contributed by atoms with van der Waals surface area (Å²) >= 11 is 0. The van der Waals surface area contributed by atoms with Crippen molar-refractivity contribution in [3.8, 4) is 12.8 Å². The van der Waals surface area contributed by atoms with Crippen molar-refractivity contribution >= 4 is 17.7 Å². The summed E-state index contributed by atoms with van der Waals surface area (Å²) in [4.78, 5) is 32.9. The van der Waals surface area contributed by atoms with Crippen LogP contribution in [0, 0.1) is 12.8 Å². The Morgan fingerprint density at radius 2 is 0.898 bits per heavy atom. The highest BCUT2D eigenvalue weighted by Gasteiger charge is 2.28. The number of ketones is 1. The van der Waals surface area contributed by atoms with Gasteiger partial charge >= 0.3 is 11.9 Å². The maximum absolute atomic E-state index is 11.2. The fourth-order valence-corrected chi connectivity index (χ4v) is 3.44. The number of hydrogen-bond donors (Lipinski definition) is 4. The largest absolute Gasteiger partial charge is 0.464 e. The van der Waals surface area contributed by atoms with Gasteiger partial charge in [0.25, 0.3) is 0 Å². The van der Waals surface area contributed by atoms with Crippen LogP contribution in [0.5, 0.6) is 0 Å². The summed E-state index contributed by atoms with van der Waals surface area (Å²) in [6.07, 6.45) is 4.92. The minimum absolute atomic E-state index is 0.0155. The topological polar surface area (TPSA) is 206 Å². The third-order valence-electron chi connectivity index (χ3n) is 5.53. The summed E-state index contributed by atoms with van der Waals surface area (Å²) in [5.41, 5.74) is 0. The third kappa shape index (κ3) is 32.5. The van der Waals surface area contributed by atoms with Crippen LogP contribution in [0.3, 0.4) is 0 Å². The van der Waals surface area contributed by atoms with Gasteiger partial charge in [0.2, 0.25) is 0 Å². The lowest BCUT2D eigenvalue weighted by molar-refractivity contribution is -0.175. The molecule has 0 unspecified atom stereocenters. The number of terminal acetylenes is 1. The number of esters is 2. The summed E-state index contributed by atoms with van der Waals surface area (Å²) in [7, 11) is 0. The van der Waals surface area contributed by atoms with Crippen molar-refractivity contribution in [2.45, 2.75) is 125 Å². The van der Waals surface area contributed by atoms with E-state index in [-0.39, 0.29) is 31.7 Å². The highest BCUT2D eigenvalue weighted by atomic mass is 16.7. The Morgan fingerprint density at radius 3 is 1.22 bits per heavy atom. The van der Waals surface area contributed by atoms with Crippen molar-refractivity contribution in [1.29, 1.82) is 0 Å². The Morgan fingerprint density at radius 1 is 0.551 bits per heavy atom. The van der Waals surface area contributed by atoms with Gasteiger partial charge in [-0.25, -0.2) is 9.59 Å². The molecule has 49 heavy (non-hydrogen) atoms. The average Bonchev–Trinajstić information content (AvgIpc) is 3.06. The average molecular weight is 713 g/mol. The van der Waals surface area contributed by atoms with E-state index in [9.17, 15) is 34.8 Å². The lowest BCUT2D eigenvalue weighted by Gasteiger charge is -2.22. The summed E-state index contributed by atoms with van der Waals surface area (Å²) in [5.74, 6) is -1.63. The highest BCUT2D eigenvalue weighted by molar-refractivity contribution is 5.81. The molecule has 0 bridgehead atoms. The molecule has 0 aliphatic rings. The summed E-state index contributed by atoms with van der Waals surface area (Å²) in [5, 5.41) is 37.8. The molecule has 0 fully saturated rings. The Labute approximate surface area is 293 Å². The van der Waals surface area contributed by atoms with Gasteiger partial charge in [-0.2, -0.15) is 0 Å². The smallest absolute Gasteiger partial charge is 0.337 e. The quantitative estimate of drug-likeness (QED) is 0.0464. The third-order valence-corrected chi connectivity index (χ3v) is 5.53. The second-order valence-corrected chi connectivity index (χ2v) is 9.27. The Balaban J connectivity index is -0.000000303. The molecule has 4 atom stereocenters. The first-order chi connectivity index (χ1) is 23.3. The van der Waals surface area contributed by atoms with Gasteiger partial charge in [0, 0.05) is 65.0 Å². The Hall–Kier alpha value is -2.49. The predicted molar refractivity (Wildman–Crippen MR) is 182 cm³/mol. The van der Waals surface area contributed by atoms with Crippen molar-refractivity contribution in [3.63, 3.8) is 0 Å². The molecular weight excluding hydrogens is 648 g/mol. The van der Waals surface area contributed by atoms with Crippen LogP contribution in [0.1, 0.15) is 81.6 Å². The zero-order valence-corrected chi connectivity index (χ0v) is 30.9. The monoisotopic (exact) mass is 712 g/mol. The van der Waals surface area contributed by atoms with Crippen LogP contribution >= 0.6 is 0 Å². The molecule has 0 aromatic rings. The molecular formula is C34H64O15. The number of Topliss-reactive ketones (excluding diaryl/α,β-unsaturated/α-hetero) is 1. The normalized spacial score (nSPS) is 13.3. The first-order valence-electron chi connectivity index (χ1n) is 16.6. The fraction of sp³-hybridized carbons (Fsp3) is 0.794. The maximum Gasteiger partial charge on any atom is 0.337 e. The van der Waals surface area contributed by atoms with Crippen molar-refractivity contribution < 1.29 is 72.7 Å². The van der Waals surface area contributed by atoms with Gasteiger partial charge in [-0.3, -0.25) is 4.79 Å². The zero-order chi connectivity index (χ0) is 38.6. The molecule has 0 rings (SSSR count). The van der Waals surface area contributed by atoms with Crippen LogP contribution in [0.25, 0.3) is 0 Å². The molecule has 15 heteroatoms. The van der Waals surface area contributed by atoms with Crippen LogP contribution in [-0.4, -0.2) is 134 Å². The molecule has 0 amide bonds. The van der Waals surface area contributed by atoms with E-state index in [0.29, 0.717) is 52.7 Å². The summed E-state index contributed by atoms with van der Waals surface area (Å²) < 4.78 is 40.7. The molecule has 0 heterocycles. The number of carbonyl (C=O) groups is 3. The Kier molecular flexibility index (Phi) is 41.7. The van der Waals surface area contributed by atoms with Gasteiger partial charge in [0.1, 0.15) is 6.10 Å². The van der Waals surface area contributed by atoms with Gasteiger partial charge in [0.05, 0.1) is 25.4 Å². The van der Waals surface area contributed by atoms with Crippen LogP contribution in [0.4, 0.5) is 0 Å². The highest BCUT2D eigenvalue weighted by Crippen LogP contribution is 2.10. The minimum atomic E-state index is -1.57. The summed E-state index contributed by atoms with van der Waals surface area (Å²) in [6.45, 7) is 19.1. The molecule has 290 valence electrons. The number of aliphatic hydroxyl groups excluding tert-OH is 4. The molecule has 0 saturated carbocycles. The lowest BCUT2D eigenvalue weighted by Crippen LogP contribution is -2.38. The van der Waals surface area contributed by atoms with E-state index >= 15 is 0 Å². The van der Waals surface area contributed by atoms with E-state index in [1.807, 2.05) is 13.8 Å². The van der Waals surface area contributed by atoms with E-state index < -0.39 is 48.7 Å². The van der Waals surface area contributed by atoms with E-state index in [0.717, 1.165) is 0 Å². The van der Waals surface area contributed by atoms with Crippen LogP contribution < -0.4 is 0 Å². The minimum Gasteiger partial charge on any atom is -0.464 e. The molecule has 0 aromatic heterocycles. The second kappa shape index (κ2) is 38.3.